The second-order valence-corrected chi connectivity index (χ2v) is 6.01. The molecule has 1 aromatic carbocycles. The summed E-state index contributed by atoms with van der Waals surface area (Å²) in [6.45, 7) is 5.39. The van der Waals surface area contributed by atoms with E-state index < -0.39 is 0 Å². The standard InChI is InChI=1S/C16H23FN2/c1-12-9-14(17)5-4-13(12)11-18-15-6-8-19-7-2-3-16(19)10-15/h4-5,9,15-16,18H,2-3,6-8,10-11H2,1H3. The number of nitrogens with one attached hydrogen (secondary N) is 1. The summed E-state index contributed by atoms with van der Waals surface area (Å²) >= 11 is 0. The van der Waals surface area contributed by atoms with Gasteiger partial charge in [0.15, 0.2) is 0 Å². The molecule has 3 heteroatoms. The predicted molar refractivity (Wildman–Crippen MR) is 75.6 cm³/mol. The third-order valence-electron chi connectivity index (χ3n) is 4.71. The minimum Gasteiger partial charge on any atom is -0.310 e. The van der Waals surface area contributed by atoms with E-state index in [4.69, 9.17) is 0 Å². The van der Waals surface area contributed by atoms with Crippen molar-refractivity contribution in [3.05, 3.63) is 35.1 Å². The highest BCUT2D eigenvalue weighted by Gasteiger charge is 2.31. The number of hydrogen-bond donors (Lipinski definition) is 1. The highest BCUT2D eigenvalue weighted by Crippen LogP contribution is 2.27. The molecule has 2 aliphatic heterocycles. The maximum absolute atomic E-state index is 13.1. The molecule has 0 radical (unpaired) electrons. The smallest absolute Gasteiger partial charge is 0.123 e. The number of nitrogens with zero attached hydrogens (tertiary/aromatic N) is 1. The highest BCUT2D eigenvalue weighted by molar-refractivity contribution is 5.26. The maximum atomic E-state index is 13.1. The predicted octanol–water partition coefficient (Wildman–Crippen LogP) is 2.85. The van der Waals surface area contributed by atoms with Crippen LogP contribution in [0.4, 0.5) is 4.39 Å². The van der Waals surface area contributed by atoms with Gasteiger partial charge in [0.2, 0.25) is 0 Å². The molecule has 0 bridgehead atoms. The number of aryl methyl sites for hydroxylation is 1. The van der Waals surface area contributed by atoms with Gasteiger partial charge in [0.05, 0.1) is 0 Å². The van der Waals surface area contributed by atoms with Crippen LogP contribution in [0.3, 0.4) is 0 Å². The molecule has 0 aromatic heterocycles. The third-order valence-corrected chi connectivity index (χ3v) is 4.71. The molecule has 0 spiro atoms. The van der Waals surface area contributed by atoms with Crippen LogP contribution in [0.1, 0.15) is 36.8 Å². The van der Waals surface area contributed by atoms with Crippen molar-refractivity contribution in [1.29, 1.82) is 0 Å². The van der Waals surface area contributed by atoms with Crippen molar-refractivity contribution < 1.29 is 4.39 Å². The van der Waals surface area contributed by atoms with E-state index in [1.54, 1.807) is 12.1 Å². The lowest BCUT2D eigenvalue weighted by Gasteiger charge is -2.35. The summed E-state index contributed by atoms with van der Waals surface area (Å²) in [4.78, 5) is 2.64. The molecule has 3 rings (SSSR count). The van der Waals surface area contributed by atoms with Crippen molar-refractivity contribution in [2.24, 2.45) is 0 Å². The molecule has 1 aromatic rings. The Bertz CT molecular complexity index is 446. The van der Waals surface area contributed by atoms with E-state index >= 15 is 0 Å². The van der Waals surface area contributed by atoms with Crippen LogP contribution >= 0.6 is 0 Å². The van der Waals surface area contributed by atoms with Crippen molar-refractivity contribution in [3.63, 3.8) is 0 Å². The topological polar surface area (TPSA) is 15.3 Å². The molecule has 0 amide bonds. The van der Waals surface area contributed by atoms with Gasteiger partial charge in [0.25, 0.3) is 0 Å². The fraction of sp³-hybridized carbons (Fsp3) is 0.625. The van der Waals surface area contributed by atoms with Crippen molar-refractivity contribution in [1.82, 2.24) is 10.2 Å². The van der Waals surface area contributed by atoms with Crippen molar-refractivity contribution in [2.75, 3.05) is 13.1 Å². The van der Waals surface area contributed by atoms with Crippen molar-refractivity contribution >= 4 is 0 Å². The Morgan fingerprint density at radius 1 is 1.32 bits per heavy atom. The van der Waals surface area contributed by atoms with Crippen LogP contribution in [-0.4, -0.2) is 30.1 Å². The molecule has 0 saturated carbocycles. The number of halogens is 1. The van der Waals surface area contributed by atoms with Gasteiger partial charge in [-0.15, -0.1) is 0 Å². The van der Waals surface area contributed by atoms with Gasteiger partial charge in [-0.25, -0.2) is 4.39 Å². The summed E-state index contributed by atoms with van der Waals surface area (Å²) in [5, 5.41) is 3.66. The summed E-state index contributed by atoms with van der Waals surface area (Å²) in [6.07, 6.45) is 5.26. The van der Waals surface area contributed by atoms with Crippen LogP contribution in [0, 0.1) is 12.7 Å². The van der Waals surface area contributed by atoms with Crippen LogP contribution in [0.15, 0.2) is 18.2 Å². The van der Waals surface area contributed by atoms with Gasteiger partial charge in [-0.1, -0.05) is 6.07 Å². The average molecular weight is 262 g/mol. The molecule has 2 saturated heterocycles. The largest absolute Gasteiger partial charge is 0.310 e. The van der Waals surface area contributed by atoms with Crippen LogP contribution in [0.2, 0.25) is 0 Å². The summed E-state index contributed by atoms with van der Waals surface area (Å²) in [6, 6.07) is 6.52. The molecule has 2 atom stereocenters. The number of piperidine rings is 1. The Morgan fingerprint density at radius 3 is 3.05 bits per heavy atom. The summed E-state index contributed by atoms with van der Waals surface area (Å²) in [7, 11) is 0. The number of hydrogen-bond acceptors (Lipinski definition) is 2. The average Bonchev–Trinajstić information content (AvgIpc) is 2.85. The minimum atomic E-state index is -0.138. The van der Waals surface area contributed by atoms with Gasteiger partial charge < -0.3 is 10.2 Å². The molecule has 2 fully saturated rings. The molecular weight excluding hydrogens is 239 g/mol. The zero-order chi connectivity index (χ0) is 13.2. The molecule has 1 N–H and O–H groups in total. The molecule has 2 heterocycles. The third kappa shape index (κ3) is 2.98. The maximum Gasteiger partial charge on any atom is 0.123 e. The molecule has 2 unspecified atom stereocenters. The summed E-state index contributed by atoms with van der Waals surface area (Å²) in [5.74, 6) is -0.138. The zero-order valence-electron chi connectivity index (χ0n) is 11.7. The van der Waals surface area contributed by atoms with Crippen molar-refractivity contribution in [2.45, 2.75) is 51.2 Å². The van der Waals surface area contributed by atoms with Gasteiger partial charge in [-0.3, -0.25) is 0 Å². The lowest BCUT2D eigenvalue weighted by molar-refractivity contribution is 0.166. The first-order valence-corrected chi connectivity index (χ1v) is 7.45. The normalized spacial score (nSPS) is 27.5. The first-order chi connectivity index (χ1) is 9.22. The quantitative estimate of drug-likeness (QED) is 0.901. The van der Waals surface area contributed by atoms with E-state index in [1.165, 1.54) is 44.3 Å². The fourth-order valence-electron chi connectivity index (χ4n) is 3.52. The molecule has 0 aliphatic carbocycles. The van der Waals surface area contributed by atoms with E-state index in [9.17, 15) is 4.39 Å². The Morgan fingerprint density at radius 2 is 2.21 bits per heavy atom. The van der Waals surface area contributed by atoms with E-state index in [0.29, 0.717) is 6.04 Å². The number of benzene rings is 1. The molecule has 19 heavy (non-hydrogen) atoms. The molecule has 2 aliphatic rings. The van der Waals surface area contributed by atoms with Crippen LogP contribution in [0.25, 0.3) is 0 Å². The lowest BCUT2D eigenvalue weighted by Crippen LogP contribution is -2.45. The molecule has 2 nitrogen and oxygen atoms in total. The van der Waals surface area contributed by atoms with Gasteiger partial charge in [-0.05, 0) is 69.0 Å². The minimum absolute atomic E-state index is 0.138. The first kappa shape index (κ1) is 13.1. The first-order valence-electron chi connectivity index (χ1n) is 7.45. The van der Waals surface area contributed by atoms with Crippen LogP contribution in [-0.2, 0) is 6.54 Å². The van der Waals surface area contributed by atoms with Crippen LogP contribution in [0.5, 0.6) is 0 Å². The van der Waals surface area contributed by atoms with E-state index in [0.717, 1.165) is 18.2 Å². The fourth-order valence-corrected chi connectivity index (χ4v) is 3.52. The van der Waals surface area contributed by atoms with Gasteiger partial charge in [0.1, 0.15) is 5.82 Å². The van der Waals surface area contributed by atoms with Gasteiger partial charge in [-0.2, -0.15) is 0 Å². The Kier molecular flexibility index (Phi) is 3.85. The number of fused-ring (bicyclic) bond motifs is 1. The Hall–Kier alpha value is -0.930. The highest BCUT2D eigenvalue weighted by atomic mass is 19.1. The Labute approximate surface area is 115 Å². The second-order valence-electron chi connectivity index (χ2n) is 6.01. The monoisotopic (exact) mass is 262 g/mol. The molecular formula is C16H23FN2. The summed E-state index contributed by atoms with van der Waals surface area (Å²) < 4.78 is 13.1. The van der Waals surface area contributed by atoms with Crippen LogP contribution < -0.4 is 5.32 Å². The second kappa shape index (κ2) is 5.59. The zero-order valence-corrected chi connectivity index (χ0v) is 11.7. The van der Waals surface area contributed by atoms with Gasteiger partial charge >= 0.3 is 0 Å². The van der Waals surface area contributed by atoms with E-state index in [-0.39, 0.29) is 5.82 Å². The number of rotatable bonds is 3. The summed E-state index contributed by atoms with van der Waals surface area (Å²) in [5.41, 5.74) is 2.26. The lowest BCUT2D eigenvalue weighted by atomic mass is 9.97. The van der Waals surface area contributed by atoms with E-state index in [1.807, 2.05) is 13.0 Å². The van der Waals surface area contributed by atoms with E-state index in [2.05, 4.69) is 10.2 Å². The molecule has 104 valence electrons. The van der Waals surface area contributed by atoms with Gasteiger partial charge in [0, 0.05) is 18.6 Å². The Balaban J connectivity index is 1.54. The van der Waals surface area contributed by atoms with Crippen molar-refractivity contribution in [3.8, 4) is 0 Å². The SMILES string of the molecule is Cc1cc(F)ccc1CNC1CCN2CCCC2C1.